The van der Waals surface area contributed by atoms with Crippen LogP contribution in [0.3, 0.4) is 0 Å². The zero-order valence-electron chi connectivity index (χ0n) is 13.9. The highest BCUT2D eigenvalue weighted by molar-refractivity contribution is 6.32. The Kier molecular flexibility index (Phi) is 3.24. The molecule has 3 aliphatic rings. The van der Waals surface area contributed by atoms with Crippen LogP contribution >= 0.6 is 11.6 Å². The monoisotopic (exact) mass is 365 g/mol. The van der Waals surface area contributed by atoms with Gasteiger partial charge in [-0.3, -0.25) is 5.43 Å². The molecule has 7 heteroatoms. The average molecular weight is 366 g/mol. The number of rotatable bonds is 1. The number of aromatic nitrogens is 1. The molecule has 0 radical (unpaired) electrons. The number of benzene rings is 1. The molecule has 6 nitrogen and oxygen atoms in total. The van der Waals surface area contributed by atoms with E-state index >= 15 is 0 Å². The van der Waals surface area contributed by atoms with Gasteiger partial charge >= 0.3 is 0 Å². The fourth-order valence-corrected chi connectivity index (χ4v) is 3.98. The second kappa shape index (κ2) is 5.51. The topological polar surface area (TPSA) is 72.8 Å². The van der Waals surface area contributed by atoms with Gasteiger partial charge in [-0.05, 0) is 29.8 Å². The number of anilines is 1. The smallest absolute Gasteiger partial charge is 0.142 e. The van der Waals surface area contributed by atoms with Gasteiger partial charge in [-0.2, -0.15) is 5.10 Å². The predicted molar refractivity (Wildman–Crippen MR) is 102 cm³/mol. The molecule has 3 aliphatic heterocycles. The molecule has 2 aromatic rings. The predicted octanol–water partition coefficient (Wildman–Crippen LogP) is 3.11. The summed E-state index contributed by atoms with van der Waals surface area (Å²) in [6.45, 7) is 0. The lowest BCUT2D eigenvalue weighted by Gasteiger charge is -2.26. The van der Waals surface area contributed by atoms with Gasteiger partial charge in [0.1, 0.15) is 17.7 Å². The summed E-state index contributed by atoms with van der Waals surface area (Å²) in [6.07, 6.45) is 5.72. The minimum absolute atomic E-state index is 0.0203. The molecule has 5 rings (SSSR count). The highest BCUT2D eigenvalue weighted by Crippen LogP contribution is 2.45. The molecular formula is C19H16ClN5O. The van der Waals surface area contributed by atoms with E-state index in [9.17, 15) is 5.11 Å². The summed E-state index contributed by atoms with van der Waals surface area (Å²) in [7, 11) is 2.02. The van der Waals surface area contributed by atoms with Crippen molar-refractivity contribution in [1.82, 2.24) is 15.3 Å². The van der Waals surface area contributed by atoms with E-state index in [-0.39, 0.29) is 18.0 Å². The molecular weight excluding hydrogens is 350 g/mol. The molecule has 2 atom stereocenters. The molecule has 0 aliphatic carbocycles. The Labute approximate surface area is 155 Å². The van der Waals surface area contributed by atoms with E-state index in [0.29, 0.717) is 5.02 Å². The summed E-state index contributed by atoms with van der Waals surface area (Å²) in [5.41, 5.74) is 8.53. The van der Waals surface area contributed by atoms with Crippen LogP contribution in [0.5, 0.6) is 5.75 Å². The minimum atomic E-state index is -0.144. The highest BCUT2D eigenvalue weighted by Gasteiger charge is 2.39. The van der Waals surface area contributed by atoms with Crippen LogP contribution in [0.4, 0.5) is 5.82 Å². The number of aromatic hydroxyl groups is 1. The fourth-order valence-electron chi connectivity index (χ4n) is 3.79. The maximum Gasteiger partial charge on any atom is 0.142 e. The third kappa shape index (κ3) is 2.12. The zero-order chi connectivity index (χ0) is 17.8. The number of nitrogens with zero attached hydrogens (tertiary/aromatic N) is 3. The number of hydrazone groups is 1. The van der Waals surface area contributed by atoms with Crippen LogP contribution < -0.4 is 10.7 Å². The largest absolute Gasteiger partial charge is 0.506 e. The van der Waals surface area contributed by atoms with Crippen LogP contribution in [0.2, 0.25) is 5.02 Å². The molecule has 4 heterocycles. The van der Waals surface area contributed by atoms with Gasteiger partial charge in [-0.1, -0.05) is 17.7 Å². The molecule has 0 fully saturated rings. The van der Waals surface area contributed by atoms with Crippen molar-refractivity contribution in [3.05, 3.63) is 70.0 Å². The number of likely N-dealkylation sites (N-methyl/N-ethyl adjacent to an activating group) is 1. The van der Waals surface area contributed by atoms with Crippen LogP contribution in [-0.2, 0) is 0 Å². The number of phenols is 1. The molecule has 2 unspecified atom stereocenters. The summed E-state index contributed by atoms with van der Waals surface area (Å²) in [5, 5.41) is 18.0. The van der Waals surface area contributed by atoms with Gasteiger partial charge in [-0.15, -0.1) is 0 Å². The molecule has 0 spiro atoms. The lowest BCUT2D eigenvalue weighted by atomic mass is 9.90. The first-order chi connectivity index (χ1) is 12.6. The van der Waals surface area contributed by atoms with Crippen molar-refractivity contribution in [2.45, 2.75) is 12.2 Å². The maximum absolute atomic E-state index is 9.79. The van der Waals surface area contributed by atoms with Crippen molar-refractivity contribution < 1.29 is 5.11 Å². The van der Waals surface area contributed by atoms with Crippen LogP contribution in [0.25, 0.3) is 5.57 Å². The Morgan fingerprint density at radius 2 is 2.15 bits per heavy atom. The maximum atomic E-state index is 9.79. The SMILES string of the molecule is CN1C=C2C3=C(C=NNC31)c1cccnc1NC2c1ccc(O)c(Cl)c1. The van der Waals surface area contributed by atoms with Crippen molar-refractivity contribution in [2.24, 2.45) is 5.10 Å². The molecule has 1 aromatic heterocycles. The molecule has 0 saturated heterocycles. The second-order valence-corrected chi connectivity index (χ2v) is 6.96. The van der Waals surface area contributed by atoms with Gasteiger partial charge in [0.05, 0.1) is 17.3 Å². The fraction of sp³-hybridized carbons (Fsp3) is 0.158. The van der Waals surface area contributed by atoms with E-state index in [1.54, 1.807) is 18.3 Å². The van der Waals surface area contributed by atoms with Crippen molar-refractivity contribution in [3.63, 3.8) is 0 Å². The van der Waals surface area contributed by atoms with E-state index in [1.165, 1.54) is 5.57 Å². The zero-order valence-corrected chi connectivity index (χ0v) is 14.7. The van der Waals surface area contributed by atoms with Gasteiger partial charge < -0.3 is 15.3 Å². The number of phenolic OH excluding ortho intramolecular Hbond substituents is 1. The number of nitrogens with one attached hydrogen (secondary N) is 2. The lowest BCUT2D eigenvalue weighted by Crippen LogP contribution is -2.38. The Balaban J connectivity index is 1.75. The van der Waals surface area contributed by atoms with E-state index < -0.39 is 0 Å². The van der Waals surface area contributed by atoms with E-state index in [1.807, 2.05) is 31.5 Å². The summed E-state index contributed by atoms with van der Waals surface area (Å²) in [6, 6.07) is 9.13. The van der Waals surface area contributed by atoms with Crippen LogP contribution in [0.15, 0.2) is 59.0 Å². The molecule has 1 aromatic carbocycles. The van der Waals surface area contributed by atoms with Crippen molar-refractivity contribution >= 4 is 29.2 Å². The summed E-state index contributed by atoms with van der Waals surface area (Å²) >= 11 is 6.17. The molecule has 0 saturated carbocycles. The normalized spacial score (nSPS) is 22.8. The standard InChI is InChI=1S/C19H16ClN5O/c1-25-9-13-16-12(8-22-24-19(16)25)11-3-2-6-21-18(11)23-17(13)10-4-5-15(26)14(20)7-10/h2-9,17,19,24,26H,1H3,(H,21,23). The molecule has 130 valence electrons. The van der Waals surface area contributed by atoms with Crippen LogP contribution in [0.1, 0.15) is 17.2 Å². The minimum Gasteiger partial charge on any atom is -0.506 e. The summed E-state index contributed by atoms with van der Waals surface area (Å²) < 4.78 is 0. The molecule has 0 bridgehead atoms. The third-order valence-electron chi connectivity index (χ3n) is 5.01. The highest BCUT2D eigenvalue weighted by atomic mass is 35.5. The van der Waals surface area contributed by atoms with Crippen molar-refractivity contribution in [1.29, 1.82) is 0 Å². The van der Waals surface area contributed by atoms with Gasteiger partial charge in [0.2, 0.25) is 0 Å². The number of hydrogen-bond acceptors (Lipinski definition) is 6. The van der Waals surface area contributed by atoms with E-state index in [2.05, 4.69) is 31.9 Å². The average Bonchev–Trinajstić information content (AvgIpc) is 2.91. The number of hydrogen-bond donors (Lipinski definition) is 3. The van der Waals surface area contributed by atoms with Gasteiger partial charge in [-0.25, -0.2) is 4.98 Å². The van der Waals surface area contributed by atoms with E-state index in [0.717, 1.165) is 28.1 Å². The summed E-state index contributed by atoms with van der Waals surface area (Å²) in [5.74, 6) is 0.874. The Bertz CT molecular complexity index is 1010. The van der Waals surface area contributed by atoms with Gasteiger partial charge in [0, 0.05) is 41.7 Å². The molecule has 26 heavy (non-hydrogen) atoms. The first kappa shape index (κ1) is 15.3. The van der Waals surface area contributed by atoms with Crippen LogP contribution in [0, 0.1) is 0 Å². The van der Waals surface area contributed by atoms with Crippen molar-refractivity contribution in [2.75, 3.05) is 12.4 Å². The first-order valence-electron chi connectivity index (χ1n) is 8.30. The Hall–Kier alpha value is -2.99. The third-order valence-corrected chi connectivity index (χ3v) is 5.31. The molecule has 0 amide bonds. The second-order valence-electron chi connectivity index (χ2n) is 6.55. The van der Waals surface area contributed by atoms with E-state index in [4.69, 9.17) is 11.6 Å². The Morgan fingerprint density at radius 3 is 3.00 bits per heavy atom. The van der Waals surface area contributed by atoms with Gasteiger partial charge in [0.25, 0.3) is 0 Å². The number of pyridine rings is 1. The first-order valence-corrected chi connectivity index (χ1v) is 8.68. The number of halogens is 1. The van der Waals surface area contributed by atoms with Crippen LogP contribution in [-0.4, -0.2) is 34.4 Å². The number of fused-ring (bicyclic) bond motifs is 2. The molecule has 3 N–H and O–H groups in total. The summed E-state index contributed by atoms with van der Waals surface area (Å²) in [4.78, 5) is 6.65. The number of allylic oxidation sites excluding steroid dienone is 1. The quantitative estimate of drug-likeness (QED) is 0.724. The van der Waals surface area contributed by atoms with Gasteiger partial charge in [0.15, 0.2) is 0 Å². The Morgan fingerprint density at radius 1 is 1.27 bits per heavy atom. The lowest BCUT2D eigenvalue weighted by molar-refractivity contribution is 0.340. The van der Waals surface area contributed by atoms with Crippen molar-refractivity contribution in [3.8, 4) is 5.75 Å².